The van der Waals surface area contributed by atoms with Crippen molar-refractivity contribution in [2.24, 2.45) is 5.73 Å². The van der Waals surface area contributed by atoms with Crippen LogP contribution in [0.15, 0.2) is 42.7 Å². The van der Waals surface area contributed by atoms with E-state index in [2.05, 4.69) is 25.5 Å². The Labute approximate surface area is 182 Å². The molecule has 2 heterocycles. The summed E-state index contributed by atoms with van der Waals surface area (Å²) in [5.74, 6) is -0.821. The summed E-state index contributed by atoms with van der Waals surface area (Å²) < 4.78 is 28.0. The molecule has 0 atom stereocenters. The van der Waals surface area contributed by atoms with E-state index in [1.165, 1.54) is 24.4 Å². The molecule has 0 saturated heterocycles. The molecule has 4 rings (SSSR count). The lowest BCUT2D eigenvalue weighted by atomic mass is 9.65. The molecule has 1 amide bonds. The predicted molar refractivity (Wildman–Crippen MR) is 112 cm³/mol. The number of amides is 1. The molecule has 0 unspecified atom stereocenters. The molecule has 160 valence electrons. The minimum Gasteiger partial charge on any atom is -0.369 e. The van der Waals surface area contributed by atoms with Crippen molar-refractivity contribution in [3.63, 3.8) is 0 Å². The highest BCUT2D eigenvalue weighted by atomic mass is 35.5. The summed E-state index contributed by atoms with van der Waals surface area (Å²) >= 11 is 6.28. The number of hydrogen-bond donors (Lipinski definition) is 2. The van der Waals surface area contributed by atoms with E-state index in [-0.39, 0.29) is 23.6 Å². The number of carbonyl (C=O) groups excluding carboxylic acids is 1. The fraction of sp³-hybridized carbons (Fsp3) is 0.286. The SMILES string of the molecule is NC(=O)Cc1ccc(F)c(-c2cnc(NCC3(c4ncccc4Cl)CC(F)C3)nn2)c1. The van der Waals surface area contributed by atoms with E-state index in [1.54, 1.807) is 18.3 Å². The lowest BCUT2D eigenvalue weighted by Crippen LogP contribution is -2.48. The summed E-state index contributed by atoms with van der Waals surface area (Å²) in [7, 11) is 0. The first-order valence-electron chi connectivity index (χ1n) is 9.62. The molecule has 10 heteroatoms. The second-order valence-electron chi connectivity index (χ2n) is 7.60. The molecule has 7 nitrogen and oxygen atoms in total. The van der Waals surface area contributed by atoms with E-state index in [0.29, 0.717) is 35.7 Å². The normalized spacial score (nSPS) is 20.2. The van der Waals surface area contributed by atoms with Crippen LogP contribution in [0.4, 0.5) is 14.7 Å². The second-order valence-corrected chi connectivity index (χ2v) is 8.00. The number of hydrogen-bond acceptors (Lipinski definition) is 6. The van der Waals surface area contributed by atoms with Crippen LogP contribution in [0.2, 0.25) is 5.02 Å². The smallest absolute Gasteiger partial charge is 0.242 e. The van der Waals surface area contributed by atoms with Crippen molar-refractivity contribution < 1.29 is 13.6 Å². The lowest BCUT2D eigenvalue weighted by molar-refractivity contribution is -0.117. The number of nitrogens with two attached hydrogens (primary N) is 1. The predicted octanol–water partition coefficient (Wildman–Crippen LogP) is 3.24. The summed E-state index contributed by atoms with van der Waals surface area (Å²) in [6, 6.07) is 7.67. The van der Waals surface area contributed by atoms with Crippen LogP contribution in [-0.4, -0.2) is 38.8 Å². The number of benzene rings is 1. The Morgan fingerprint density at radius 1 is 1.26 bits per heavy atom. The molecule has 1 fully saturated rings. The minimum atomic E-state index is -0.919. The van der Waals surface area contributed by atoms with Crippen LogP contribution < -0.4 is 11.1 Å². The van der Waals surface area contributed by atoms with Crippen LogP contribution in [0.25, 0.3) is 11.3 Å². The molecular weight excluding hydrogens is 426 g/mol. The average Bonchev–Trinajstić information content (AvgIpc) is 2.72. The molecule has 0 bridgehead atoms. The monoisotopic (exact) mass is 444 g/mol. The Kier molecular flexibility index (Phi) is 5.77. The number of nitrogens with zero attached hydrogens (tertiary/aromatic N) is 4. The van der Waals surface area contributed by atoms with Crippen molar-refractivity contribution in [1.82, 2.24) is 20.2 Å². The van der Waals surface area contributed by atoms with Crippen LogP contribution in [0, 0.1) is 5.82 Å². The van der Waals surface area contributed by atoms with Crippen LogP contribution in [0.1, 0.15) is 24.1 Å². The maximum atomic E-state index is 14.2. The molecule has 2 aromatic heterocycles. The Morgan fingerprint density at radius 3 is 2.71 bits per heavy atom. The molecule has 1 aromatic carbocycles. The van der Waals surface area contributed by atoms with E-state index in [0.717, 1.165) is 0 Å². The maximum absolute atomic E-state index is 14.2. The van der Waals surface area contributed by atoms with Crippen LogP contribution in [-0.2, 0) is 16.6 Å². The standard InChI is InChI=1S/C21H19ClF2N6O/c22-15-2-1-5-26-19(15)21(8-13(23)9-21)11-28-20-27-10-17(29-30-20)14-6-12(7-18(25)31)3-4-16(14)24/h1-6,10,13H,7-9,11H2,(H2,25,31)(H,27,28,30). The highest BCUT2D eigenvalue weighted by molar-refractivity contribution is 6.31. The number of aromatic nitrogens is 4. The number of nitrogens with one attached hydrogen (secondary N) is 1. The number of anilines is 1. The highest BCUT2D eigenvalue weighted by Crippen LogP contribution is 2.46. The fourth-order valence-corrected chi connectivity index (χ4v) is 4.12. The first-order chi connectivity index (χ1) is 14.9. The largest absolute Gasteiger partial charge is 0.369 e. The van der Waals surface area contributed by atoms with Crippen molar-refractivity contribution in [1.29, 1.82) is 0 Å². The van der Waals surface area contributed by atoms with Gasteiger partial charge in [0.2, 0.25) is 11.9 Å². The minimum absolute atomic E-state index is 0.0124. The van der Waals surface area contributed by atoms with Gasteiger partial charge in [-0.3, -0.25) is 9.78 Å². The van der Waals surface area contributed by atoms with Crippen LogP contribution in [0.5, 0.6) is 0 Å². The van der Waals surface area contributed by atoms with Gasteiger partial charge in [-0.2, -0.15) is 0 Å². The number of carbonyl (C=O) groups is 1. The first-order valence-corrected chi connectivity index (χ1v) is 10.00. The van der Waals surface area contributed by atoms with E-state index in [1.807, 2.05) is 0 Å². The van der Waals surface area contributed by atoms with Gasteiger partial charge in [0.05, 0.1) is 23.3 Å². The number of pyridine rings is 1. The molecule has 3 aromatic rings. The van der Waals surface area contributed by atoms with Gasteiger partial charge in [0.25, 0.3) is 0 Å². The van der Waals surface area contributed by atoms with Crippen molar-refractivity contribution in [2.45, 2.75) is 30.8 Å². The Morgan fingerprint density at radius 2 is 2.06 bits per heavy atom. The van der Waals surface area contributed by atoms with Gasteiger partial charge in [-0.25, -0.2) is 13.8 Å². The molecule has 1 aliphatic rings. The Balaban J connectivity index is 1.50. The number of primary amides is 1. The number of alkyl halides is 1. The third-order valence-corrected chi connectivity index (χ3v) is 5.62. The summed E-state index contributed by atoms with van der Waals surface area (Å²) in [5, 5.41) is 11.6. The Bertz CT molecular complexity index is 1110. The zero-order valence-corrected chi connectivity index (χ0v) is 17.1. The molecule has 0 spiro atoms. The molecule has 1 saturated carbocycles. The summed E-state index contributed by atoms with van der Waals surface area (Å²) in [5.41, 5.74) is 6.22. The first kappa shape index (κ1) is 21.0. The maximum Gasteiger partial charge on any atom is 0.242 e. The number of halogens is 3. The summed E-state index contributed by atoms with van der Waals surface area (Å²) in [6.45, 7) is 0.327. The van der Waals surface area contributed by atoms with Crippen LogP contribution in [0.3, 0.4) is 0 Å². The lowest BCUT2D eigenvalue weighted by Gasteiger charge is -2.44. The van der Waals surface area contributed by atoms with Gasteiger partial charge in [-0.05, 0) is 42.7 Å². The molecule has 0 radical (unpaired) electrons. The zero-order chi connectivity index (χ0) is 22.0. The molecular formula is C21H19ClF2N6O. The molecule has 31 heavy (non-hydrogen) atoms. The van der Waals surface area contributed by atoms with Crippen molar-refractivity contribution in [2.75, 3.05) is 11.9 Å². The van der Waals surface area contributed by atoms with Gasteiger partial charge < -0.3 is 11.1 Å². The third-order valence-electron chi connectivity index (χ3n) is 5.32. The second kappa shape index (κ2) is 8.50. The van der Waals surface area contributed by atoms with E-state index >= 15 is 0 Å². The van der Waals surface area contributed by atoms with Gasteiger partial charge in [0.1, 0.15) is 17.7 Å². The van der Waals surface area contributed by atoms with Gasteiger partial charge >= 0.3 is 0 Å². The van der Waals surface area contributed by atoms with Gasteiger partial charge in [-0.15, -0.1) is 10.2 Å². The van der Waals surface area contributed by atoms with E-state index in [9.17, 15) is 13.6 Å². The quantitative estimate of drug-likeness (QED) is 0.579. The van der Waals surface area contributed by atoms with E-state index in [4.69, 9.17) is 17.3 Å². The summed E-state index contributed by atoms with van der Waals surface area (Å²) in [6.07, 6.45) is 2.65. The third kappa shape index (κ3) is 4.46. The van der Waals surface area contributed by atoms with Gasteiger partial charge in [-0.1, -0.05) is 17.7 Å². The average molecular weight is 445 g/mol. The molecule has 1 aliphatic carbocycles. The Hall–Kier alpha value is -3.20. The van der Waals surface area contributed by atoms with Crippen molar-refractivity contribution in [3.8, 4) is 11.3 Å². The molecule has 0 aliphatic heterocycles. The zero-order valence-electron chi connectivity index (χ0n) is 16.4. The van der Waals surface area contributed by atoms with Gasteiger partial charge in [0, 0.05) is 23.7 Å². The molecule has 3 N–H and O–H groups in total. The van der Waals surface area contributed by atoms with Crippen molar-refractivity contribution >= 4 is 23.5 Å². The van der Waals surface area contributed by atoms with E-state index < -0.39 is 23.3 Å². The van der Waals surface area contributed by atoms with Crippen molar-refractivity contribution in [3.05, 3.63) is 64.8 Å². The van der Waals surface area contributed by atoms with Gasteiger partial charge in [0.15, 0.2) is 0 Å². The highest BCUT2D eigenvalue weighted by Gasteiger charge is 2.48. The topological polar surface area (TPSA) is 107 Å². The number of rotatable bonds is 7. The fourth-order valence-electron chi connectivity index (χ4n) is 3.79. The van der Waals surface area contributed by atoms with Crippen LogP contribution >= 0.6 is 11.6 Å². The summed E-state index contributed by atoms with van der Waals surface area (Å²) in [4.78, 5) is 19.7.